The van der Waals surface area contributed by atoms with Gasteiger partial charge in [0.2, 0.25) is 0 Å². The molecule has 0 fully saturated rings. The number of furan rings is 1. The minimum Gasteiger partial charge on any atom is -0.456 e. The third-order valence-electron chi connectivity index (χ3n) is 4.67. The Labute approximate surface area is 151 Å². The van der Waals surface area contributed by atoms with Gasteiger partial charge in [0.25, 0.3) is 0 Å². The highest BCUT2D eigenvalue weighted by atomic mass is 16.3. The minimum atomic E-state index is 0.897. The summed E-state index contributed by atoms with van der Waals surface area (Å²) < 4.78 is 6.01. The number of benzene rings is 4. The molecule has 5 rings (SSSR count). The number of para-hydroxylation sites is 2. The summed E-state index contributed by atoms with van der Waals surface area (Å²) in [4.78, 5) is 0. The van der Waals surface area contributed by atoms with Crippen LogP contribution < -0.4 is 5.32 Å². The molecular formula is C24H17NO. The van der Waals surface area contributed by atoms with Crippen LogP contribution in [0.5, 0.6) is 0 Å². The van der Waals surface area contributed by atoms with E-state index in [0.29, 0.717) is 0 Å². The van der Waals surface area contributed by atoms with E-state index in [9.17, 15) is 0 Å². The molecule has 0 aliphatic rings. The molecule has 0 unspecified atom stereocenters. The molecule has 0 spiro atoms. The monoisotopic (exact) mass is 335 g/mol. The average molecular weight is 335 g/mol. The Bertz CT molecular complexity index is 1200. The van der Waals surface area contributed by atoms with Gasteiger partial charge in [0, 0.05) is 33.8 Å². The summed E-state index contributed by atoms with van der Waals surface area (Å²) >= 11 is 0. The van der Waals surface area contributed by atoms with Crippen molar-refractivity contribution in [2.75, 3.05) is 5.32 Å². The average Bonchev–Trinajstić information content (AvgIpc) is 3.07. The Morgan fingerprint density at radius 1 is 0.577 bits per heavy atom. The molecule has 2 nitrogen and oxygen atoms in total. The molecule has 0 aliphatic carbocycles. The standard InChI is InChI=1S/C24H17NO/c1-2-8-17(9-3-1)19-10-4-6-12-22(19)25-18-14-15-21-20-11-5-7-13-23(20)26-24(21)16-18/h1-16,25H. The third kappa shape index (κ3) is 2.52. The number of hydrogen-bond acceptors (Lipinski definition) is 2. The molecule has 124 valence electrons. The minimum absolute atomic E-state index is 0.897. The van der Waals surface area contributed by atoms with Crippen LogP contribution in [-0.4, -0.2) is 0 Å². The quantitative estimate of drug-likeness (QED) is 0.384. The van der Waals surface area contributed by atoms with E-state index < -0.39 is 0 Å². The predicted octanol–water partition coefficient (Wildman–Crippen LogP) is 7.00. The normalized spacial score (nSPS) is 11.1. The highest BCUT2D eigenvalue weighted by Gasteiger charge is 2.08. The molecule has 26 heavy (non-hydrogen) atoms. The topological polar surface area (TPSA) is 25.2 Å². The smallest absolute Gasteiger partial charge is 0.137 e. The van der Waals surface area contributed by atoms with Crippen LogP contribution in [0.25, 0.3) is 33.1 Å². The third-order valence-corrected chi connectivity index (χ3v) is 4.67. The zero-order valence-electron chi connectivity index (χ0n) is 14.1. The molecular weight excluding hydrogens is 318 g/mol. The van der Waals surface area contributed by atoms with Crippen LogP contribution in [0.4, 0.5) is 11.4 Å². The highest BCUT2D eigenvalue weighted by molar-refractivity contribution is 6.05. The van der Waals surface area contributed by atoms with E-state index in [4.69, 9.17) is 4.42 Å². The van der Waals surface area contributed by atoms with Gasteiger partial charge in [-0.3, -0.25) is 0 Å². The second-order valence-electron chi connectivity index (χ2n) is 6.35. The van der Waals surface area contributed by atoms with Crippen molar-refractivity contribution >= 4 is 33.3 Å². The van der Waals surface area contributed by atoms with E-state index in [1.165, 1.54) is 11.1 Å². The first kappa shape index (κ1) is 14.8. The van der Waals surface area contributed by atoms with Gasteiger partial charge in [-0.2, -0.15) is 0 Å². The van der Waals surface area contributed by atoms with E-state index in [-0.39, 0.29) is 0 Å². The van der Waals surface area contributed by atoms with Crippen molar-refractivity contribution in [3.63, 3.8) is 0 Å². The summed E-state index contributed by atoms with van der Waals surface area (Å²) in [5.41, 5.74) is 6.28. The lowest BCUT2D eigenvalue weighted by atomic mass is 10.0. The molecule has 0 saturated heterocycles. The van der Waals surface area contributed by atoms with Crippen molar-refractivity contribution in [2.24, 2.45) is 0 Å². The lowest BCUT2D eigenvalue weighted by Gasteiger charge is -2.12. The van der Waals surface area contributed by atoms with Gasteiger partial charge in [-0.05, 0) is 29.8 Å². The van der Waals surface area contributed by atoms with Crippen molar-refractivity contribution < 1.29 is 4.42 Å². The summed E-state index contributed by atoms with van der Waals surface area (Å²) in [7, 11) is 0. The Morgan fingerprint density at radius 3 is 2.23 bits per heavy atom. The lowest BCUT2D eigenvalue weighted by molar-refractivity contribution is 0.669. The molecule has 4 aromatic carbocycles. The van der Waals surface area contributed by atoms with Crippen LogP contribution in [0.2, 0.25) is 0 Å². The Kier molecular flexibility index (Phi) is 3.46. The largest absolute Gasteiger partial charge is 0.456 e. The second-order valence-corrected chi connectivity index (χ2v) is 6.35. The number of rotatable bonds is 3. The molecule has 1 heterocycles. The molecule has 2 heteroatoms. The first-order valence-corrected chi connectivity index (χ1v) is 8.71. The van der Waals surface area contributed by atoms with Gasteiger partial charge in [-0.25, -0.2) is 0 Å². The molecule has 0 saturated carbocycles. The number of hydrogen-bond donors (Lipinski definition) is 1. The Balaban J connectivity index is 1.57. The van der Waals surface area contributed by atoms with Crippen molar-refractivity contribution in [2.45, 2.75) is 0 Å². The summed E-state index contributed by atoms with van der Waals surface area (Å²) in [5, 5.41) is 5.84. The molecule has 0 bridgehead atoms. The lowest BCUT2D eigenvalue weighted by Crippen LogP contribution is -1.93. The maximum absolute atomic E-state index is 6.01. The first-order valence-electron chi connectivity index (χ1n) is 8.71. The summed E-state index contributed by atoms with van der Waals surface area (Å²) in [5.74, 6) is 0. The fourth-order valence-corrected chi connectivity index (χ4v) is 3.42. The van der Waals surface area contributed by atoms with E-state index in [1.54, 1.807) is 0 Å². The van der Waals surface area contributed by atoms with Crippen molar-refractivity contribution in [1.82, 2.24) is 0 Å². The van der Waals surface area contributed by atoms with Crippen LogP contribution >= 0.6 is 0 Å². The maximum Gasteiger partial charge on any atom is 0.137 e. The predicted molar refractivity (Wildman–Crippen MR) is 109 cm³/mol. The maximum atomic E-state index is 6.01. The number of fused-ring (bicyclic) bond motifs is 3. The fraction of sp³-hybridized carbons (Fsp3) is 0. The van der Waals surface area contributed by atoms with Crippen molar-refractivity contribution in [3.05, 3.63) is 97.1 Å². The van der Waals surface area contributed by atoms with Gasteiger partial charge in [-0.15, -0.1) is 0 Å². The molecule has 0 radical (unpaired) electrons. The van der Waals surface area contributed by atoms with Crippen molar-refractivity contribution in [3.8, 4) is 11.1 Å². The van der Waals surface area contributed by atoms with Gasteiger partial charge in [0.15, 0.2) is 0 Å². The SMILES string of the molecule is c1ccc(-c2ccccc2Nc2ccc3c(c2)oc2ccccc23)cc1. The van der Waals surface area contributed by atoms with E-state index in [1.807, 2.05) is 24.3 Å². The fourth-order valence-electron chi connectivity index (χ4n) is 3.42. The van der Waals surface area contributed by atoms with E-state index in [0.717, 1.165) is 33.3 Å². The molecule has 1 N–H and O–H groups in total. The van der Waals surface area contributed by atoms with Crippen LogP contribution in [-0.2, 0) is 0 Å². The zero-order chi connectivity index (χ0) is 17.3. The van der Waals surface area contributed by atoms with Gasteiger partial charge in [0.1, 0.15) is 11.2 Å². The van der Waals surface area contributed by atoms with Crippen LogP contribution in [0.15, 0.2) is 101 Å². The molecule has 0 aliphatic heterocycles. The Hall–Kier alpha value is -3.52. The first-order chi connectivity index (χ1) is 12.9. The highest BCUT2D eigenvalue weighted by Crippen LogP contribution is 2.33. The van der Waals surface area contributed by atoms with Crippen molar-refractivity contribution in [1.29, 1.82) is 0 Å². The summed E-state index contributed by atoms with van der Waals surface area (Å²) in [6, 6.07) is 33.2. The van der Waals surface area contributed by atoms with Gasteiger partial charge in [0.05, 0.1) is 0 Å². The van der Waals surface area contributed by atoms with Gasteiger partial charge in [-0.1, -0.05) is 66.7 Å². The molecule has 1 aromatic heterocycles. The van der Waals surface area contributed by atoms with E-state index in [2.05, 4.69) is 78.1 Å². The van der Waals surface area contributed by atoms with Gasteiger partial charge >= 0.3 is 0 Å². The number of nitrogens with one attached hydrogen (secondary N) is 1. The van der Waals surface area contributed by atoms with E-state index >= 15 is 0 Å². The second kappa shape index (κ2) is 6.08. The zero-order valence-corrected chi connectivity index (χ0v) is 14.1. The Morgan fingerprint density at radius 2 is 1.31 bits per heavy atom. The van der Waals surface area contributed by atoms with Crippen LogP contribution in [0.1, 0.15) is 0 Å². The van der Waals surface area contributed by atoms with Gasteiger partial charge < -0.3 is 9.73 Å². The summed E-state index contributed by atoms with van der Waals surface area (Å²) in [6.45, 7) is 0. The van der Waals surface area contributed by atoms with Crippen LogP contribution in [0.3, 0.4) is 0 Å². The summed E-state index contributed by atoms with van der Waals surface area (Å²) in [6.07, 6.45) is 0. The molecule has 0 atom stereocenters. The molecule has 0 amide bonds. The molecule has 5 aromatic rings. The van der Waals surface area contributed by atoms with Crippen LogP contribution in [0, 0.1) is 0 Å². The number of anilines is 2.